The van der Waals surface area contributed by atoms with Gasteiger partial charge in [-0.1, -0.05) is 48.5 Å². The van der Waals surface area contributed by atoms with Gasteiger partial charge in [0.1, 0.15) is 0 Å². The fourth-order valence-electron chi connectivity index (χ4n) is 3.03. The van der Waals surface area contributed by atoms with Crippen LogP contribution in [0.5, 0.6) is 0 Å². The number of pyridine rings is 1. The average molecular weight is 401 g/mol. The van der Waals surface area contributed by atoms with Gasteiger partial charge in [0, 0.05) is 34.9 Å². The van der Waals surface area contributed by atoms with Gasteiger partial charge in [-0.15, -0.1) is 0 Å². The predicted molar refractivity (Wildman–Crippen MR) is 117 cm³/mol. The number of nitrogens with one attached hydrogen (secondary N) is 2. The van der Waals surface area contributed by atoms with E-state index in [0.717, 1.165) is 22.2 Å². The Morgan fingerprint density at radius 1 is 0.966 bits per heavy atom. The Balaban J connectivity index is 1.49. The van der Waals surface area contributed by atoms with Gasteiger partial charge in [-0.3, -0.25) is 9.59 Å². The molecule has 4 rings (SSSR count). The molecule has 0 aliphatic rings. The summed E-state index contributed by atoms with van der Waals surface area (Å²) in [4.78, 5) is 29.2. The number of hydrogen-bond donors (Lipinski definition) is 2. The van der Waals surface area contributed by atoms with Crippen LogP contribution in [0.3, 0.4) is 0 Å². The standard InChI is InChI=1S/C23H19N3O2S/c27-22(10-12-24-23(28)17-11-13-29-15-17)26-21-14-20(16-6-2-1-3-7-16)25-19-9-5-4-8-18(19)21/h1-9,11,13-15H,10,12H2,(H,24,28)(H,25,26,27). The molecule has 0 unspecified atom stereocenters. The molecule has 0 saturated carbocycles. The summed E-state index contributed by atoms with van der Waals surface area (Å²) in [6.07, 6.45) is 0.188. The van der Waals surface area contributed by atoms with Crippen molar-refractivity contribution in [1.82, 2.24) is 10.3 Å². The van der Waals surface area contributed by atoms with Crippen molar-refractivity contribution < 1.29 is 9.59 Å². The number of carbonyl (C=O) groups is 2. The number of rotatable bonds is 6. The van der Waals surface area contributed by atoms with Crippen LogP contribution in [-0.2, 0) is 4.79 Å². The van der Waals surface area contributed by atoms with E-state index in [4.69, 9.17) is 4.98 Å². The molecule has 5 nitrogen and oxygen atoms in total. The Morgan fingerprint density at radius 3 is 2.55 bits per heavy atom. The Bertz CT molecular complexity index is 1140. The second kappa shape index (κ2) is 8.67. The van der Waals surface area contributed by atoms with Crippen LogP contribution in [0.1, 0.15) is 16.8 Å². The number of aromatic nitrogens is 1. The first-order valence-corrected chi connectivity index (χ1v) is 10.2. The second-order valence-corrected chi connectivity index (χ2v) is 7.28. The Hall–Kier alpha value is -3.51. The molecule has 0 spiro atoms. The van der Waals surface area contributed by atoms with Gasteiger partial charge in [0.2, 0.25) is 5.91 Å². The highest BCUT2D eigenvalue weighted by molar-refractivity contribution is 7.08. The Kier molecular flexibility index (Phi) is 5.63. The quantitative estimate of drug-likeness (QED) is 0.491. The van der Waals surface area contributed by atoms with Crippen LogP contribution in [0.4, 0.5) is 5.69 Å². The monoisotopic (exact) mass is 401 g/mol. The molecule has 2 amide bonds. The lowest BCUT2D eigenvalue weighted by Gasteiger charge is -2.12. The third-order valence-electron chi connectivity index (χ3n) is 4.48. The highest BCUT2D eigenvalue weighted by Gasteiger charge is 2.11. The highest BCUT2D eigenvalue weighted by atomic mass is 32.1. The number of fused-ring (bicyclic) bond motifs is 1. The van der Waals surface area contributed by atoms with E-state index in [-0.39, 0.29) is 24.8 Å². The molecule has 2 N–H and O–H groups in total. The molecule has 0 radical (unpaired) electrons. The molecule has 0 atom stereocenters. The number of anilines is 1. The van der Waals surface area contributed by atoms with E-state index in [9.17, 15) is 9.59 Å². The molecule has 0 aliphatic heterocycles. The van der Waals surface area contributed by atoms with E-state index in [1.807, 2.05) is 66.0 Å². The molecule has 2 heterocycles. The summed E-state index contributed by atoms with van der Waals surface area (Å²) in [5.41, 5.74) is 3.92. The van der Waals surface area contributed by atoms with Gasteiger partial charge in [-0.25, -0.2) is 4.98 Å². The Labute approximate surface area is 172 Å². The van der Waals surface area contributed by atoms with E-state index < -0.39 is 0 Å². The van der Waals surface area contributed by atoms with Crippen molar-refractivity contribution >= 4 is 39.7 Å². The molecule has 4 aromatic rings. The third kappa shape index (κ3) is 4.50. The first kappa shape index (κ1) is 18.8. The smallest absolute Gasteiger partial charge is 0.252 e. The molecule has 0 aliphatic carbocycles. The summed E-state index contributed by atoms with van der Waals surface area (Å²) in [5.74, 6) is -0.328. The maximum Gasteiger partial charge on any atom is 0.252 e. The molecular weight excluding hydrogens is 382 g/mol. The summed E-state index contributed by atoms with van der Waals surface area (Å²) in [6, 6.07) is 21.2. The zero-order valence-electron chi connectivity index (χ0n) is 15.6. The lowest BCUT2D eigenvalue weighted by atomic mass is 10.1. The summed E-state index contributed by atoms with van der Waals surface area (Å²) in [6.45, 7) is 0.273. The number of thiophene rings is 1. The van der Waals surface area contributed by atoms with Crippen LogP contribution in [0.2, 0.25) is 0 Å². The van der Waals surface area contributed by atoms with Crippen LogP contribution in [0.15, 0.2) is 77.5 Å². The number of nitrogens with zero attached hydrogens (tertiary/aromatic N) is 1. The zero-order valence-corrected chi connectivity index (χ0v) is 16.4. The van der Waals surface area contributed by atoms with Crippen molar-refractivity contribution in [2.45, 2.75) is 6.42 Å². The number of para-hydroxylation sites is 1. The molecule has 0 fully saturated rings. The van der Waals surface area contributed by atoms with Gasteiger partial charge in [0.25, 0.3) is 5.91 Å². The number of amides is 2. The first-order chi connectivity index (χ1) is 14.2. The zero-order chi connectivity index (χ0) is 20.1. The van der Waals surface area contributed by atoms with Gasteiger partial charge in [0.05, 0.1) is 16.9 Å². The van der Waals surface area contributed by atoms with Crippen molar-refractivity contribution in [3.63, 3.8) is 0 Å². The van der Waals surface area contributed by atoms with E-state index in [0.29, 0.717) is 11.3 Å². The maximum absolute atomic E-state index is 12.5. The first-order valence-electron chi connectivity index (χ1n) is 9.26. The van der Waals surface area contributed by atoms with Gasteiger partial charge < -0.3 is 10.6 Å². The SMILES string of the molecule is O=C(CCNC(=O)c1ccsc1)Nc1cc(-c2ccccc2)nc2ccccc12. The molecular formula is C23H19N3O2S. The van der Waals surface area contributed by atoms with Gasteiger partial charge in [0.15, 0.2) is 0 Å². The molecule has 0 bridgehead atoms. The summed E-state index contributed by atoms with van der Waals surface area (Å²) < 4.78 is 0. The topological polar surface area (TPSA) is 71.1 Å². The lowest BCUT2D eigenvalue weighted by Crippen LogP contribution is -2.27. The largest absolute Gasteiger partial charge is 0.351 e. The summed E-state index contributed by atoms with van der Waals surface area (Å²) >= 11 is 1.46. The lowest BCUT2D eigenvalue weighted by molar-refractivity contribution is -0.116. The van der Waals surface area contributed by atoms with Crippen molar-refractivity contribution in [2.75, 3.05) is 11.9 Å². The van der Waals surface area contributed by atoms with E-state index >= 15 is 0 Å². The Morgan fingerprint density at radius 2 is 1.76 bits per heavy atom. The minimum absolute atomic E-state index is 0.161. The highest BCUT2D eigenvalue weighted by Crippen LogP contribution is 2.28. The average Bonchev–Trinajstić information content (AvgIpc) is 3.29. The molecule has 2 aromatic carbocycles. The van der Waals surface area contributed by atoms with Crippen LogP contribution in [0.25, 0.3) is 22.2 Å². The molecule has 0 saturated heterocycles. The van der Waals surface area contributed by atoms with E-state index in [2.05, 4.69) is 10.6 Å². The molecule has 2 aromatic heterocycles. The fraction of sp³-hybridized carbons (Fsp3) is 0.0870. The third-order valence-corrected chi connectivity index (χ3v) is 5.16. The minimum Gasteiger partial charge on any atom is -0.351 e. The van der Waals surface area contributed by atoms with E-state index in [1.165, 1.54) is 11.3 Å². The number of hydrogen-bond acceptors (Lipinski definition) is 4. The van der Waals surface area contributed by atoms with E-state index in [1.54, 1.807) is 11.4 Å². The van der Waals surface area contributed by atoms with Gasteiger partial charge >= 0.3 is 0 Å². The normalized spacial score (nSPS) is 10.6. The maximum atomic E-state index is 12.5. The molecule has 29 heavy (non-hydrogen) atoms. The summed E-state index contributed by atoms with van der Waals surface area (Å²) in [5, 5.41) is 10.3. The number of benzene rings is 2. The minimum atomic E-state index is -0.167. The molecule has 144 valence electrons. The second-order valence-electron chi connectivity index (χ2n) is 6.50. The predicted octanol–water partition coefficient (Wildman–Crippen LogP) is 4.72. The van der Waals surface area contributed by atoms with Gasteiger partial charge in [-0.2, -0.15) is 11.3 Å². The van der Waals surface area contributed by atoms with Crippen molar-refractivity contribution in [3.05, 3.63) is 83.1 Å². The van der Waals surface area contributed by atoms with Crippen molar-refractivity contribution in [2.24, 2.45) is 0 Å². The van der Waals surface area contributed by atoms with Crippen LogP contribution in [0, 0.1) is 0 Å². The van der Waals surface area contributed by atoms with Crippen LogP contribution < -0.4 is 10.6 Å². The van der Waals surface area contributed by atoms with Crippen LogP contribution >= 0.6 is 11.3 Å². The van der Waals surface area contributed by atoms with Crippen LogP contribution in [-0.4, -0.2) is 23.3 Å². The van der Waals surface area contributed by atoms with Crippen molar-refractivity contribution in [3.8, 4) is 11.3 Å². The van der Waals surface area contributed by atoms with Crippen molar-refractivity contribution in [1.29, 1.82) is 0 Å². The molecule has 6 heteroatoms. The number of carbonyl (C=O) groups excluding carboxylic acids is 2. The van der Waals surface area contributed by atoms with Gasteiger partial charge in [-0.05, 0) is 23.6 Å². The summed E-state index contributed by atoms with van der Waals surface area (Å²) in [7, 11) is 0. The fourth-order valence-corrected chi connectivity index (χ4v) is 3.67.